The van der Waals surface area contributed by atoms with Gasteiger partial charge >= 0.3 is 12.1 Å². The van der Waals surface area contributed by atoms with Gasteiger partial charge in [0.1, 0.15) is 17.9 Å². The van der Waals surface area contributed by atoms with Crippen molar-refractivity contribution in [1.29, 1.82) is 0 Å². The molecule has 1 aromatic carbocycles. The average Bonchev–Trinajstić information content (AvgIpc) is 3.68. The number of carboxylic acid groups (broad SMARTS) is 1. The van der Waals surface area contributed by atoms with Gasteiger partial charge in [0.05, 0.1) is 28.8 Å². The number of likely N-dealkylation sites (tertiary alicyclic amines) is 1. The third-order valence-electron chi connectivity index (χ3n) is 8.47. The summed E-state index contributed by atoms with van der Waals surface area (Å²) >= 11 is 1.43. The maximum absolute atomic E-state index is 13.8. The highest BCUT2D eigenvalue weighted by molar-refractivity contribution is 7.15. The summed E-state index contributed by atoms with van der Waals surface area (Å²) in [7, 11) is 0. The minimum absolute atomic E-state index is 0.0253. The van der Waals surface area contributed by atoms with Crippen molar-refractivity contribution < 1.29 is 37.7 Å². The second kappa shape index (κ2) is 13.5. The molecule has 1 fully saturated rings. The van der Waals surface area contributed by atoms with Gasteiger partial charge in [-0.15, -0.1) is 11.3 Å². The van der Waals surface area contributed by atoms with Crippen molar-refractivity contribution in [2.45, 2.75) is 65.7 Å². The molecule has 1 saturated heterocycles. The van der Waals surface area contributed by atoms with Crippen LogP contribution in [0.25, 0.3) is 16.4 Å². The van der Waals surface area contributed by atoms with Gasteiger partial charge in [-0.05, 0) is 87.4 Å². The predicted octanol–water partition coefficient (Wildman–Crippen LogP) is 6.89. The SMILES string of the molecule is CCc1cc(OCc2cc(C)sc2-c2cccc(-n3ncc(C(=O)O)c3C(F)(F)F)n2)ccc1C1CCN(C(=O)C(C)(C)CO)CC1. The Morgan fingerprint density at radius 3 is 2.45 bits per heavy atom. The summed E-state index contributed by atoms with van der Waals surface area (Å²) in [6.45, 7) is 8.83. The summed E-state index contributed by atoms with van der Waals surface area (Å²) in [6.07, 6.45) is -1.80. The molecule has 1 amide bonds. The molecule has 9 nitrogen and oxygen atoms in total. The van der Waals surface area contributed by atoms with E-state index in [1.165, 1.54) is 28.5 Å². The van der Waals surface area contributed by atoms with Gasteiger partial charge in [0.25, 0.3) is 0 Å². The van der Waals surface area contributed by atoms with Gasteiger partial charge in [-0.2, -0.15) is 18.3 Å². The maximum atomic E-state index is 13.8. The number of piperidine rings is 1. The van der Waals surface area contributed by atoms with Gasteiger partial charge in [0.15, 0.2) is 11.5 Å². The van der Waals surface area contributed by atoms with Crippen LogP contribution in [0.3, 0.4) is 0 Å². The number of rotatable bonds is 10. The summed E-state index contributed by atoms with van der Waals surface area (Å²) in [4.78, 5) is 32.2. The van der Waals surface area contributed by atoms with Gasteiger partial charge < -0.3 is 19.8 Å². The largest absolute Gasteiger partial charge is 0.489 e. The van der Waals surface area contributed by atoms with Crippen molar-refractivity contribution in [3.63, 3.8) is 0 Å². The molecular formula is C34H37F3N4O5S. The number of amides is 1. The Balaban J connectivity index is 1.33. The number of pyridine rings is 1. The first-order chi connectivity index (χ1) is 22.2. The van der Waals surface area contributed by atoms with Crippen molar-refractivity contribution in [2.75, 3.05) is 19.7 Å². The number of hydrogen-bond acceptors (Lipinski definition) is 7. The number of aryl methyl sites for hydroxylation is 2. The summed E-state index contributed by atoms with van der Waals surface area (Å²) in [6, 6.07) is 12.6. The van der Waals surface area contributed by atoms with Crippen LogP contribution in [0.5, 0.6) is 5.75 Å². The van der Waals surface area contributed by atoms with Crippen molar-refractivity contribution in [3.05, 3.63) is 81.5 Å². The van der Waals surface area contributed by atoms with Crippen LogP contribution in [0, 0.1) is 12.3 Å². The minimum Gasteiger partial charge on any atom is -0.489 e. The van der Waals surface area contributed by atoms with E-state index in [1.807, 2.05) is 30.0 Å². The molecule has 13 heteroatoms. The second-order valence-corrected chi connectivity index (χ2v) is 13.6. The first kappa shape index (κ1) is 34.1. The Bertz CT molecular complexity index is 1770. The Labute approximate surface area is 274 Å². The first-order valence-corrected chi connectivity index (χ1v) is 16.2. The zero-order chi connectivity index (χ0) is 34.1. The van der Waals surface area contributed by atoms with Crippen molar-refractivity contribution >= 4 is 23.2 Å². The van der Waals surface area contributed by atoms with Crippen molar-refractivity contribution in [3.8, 4) is 22.1 Å². The molecule has 0 bridgehead atoms. The van der Waals surface area contributed by atoms with Crippen LogP contribution in [0.15, 0.2) is 48.7 Å². The molecule has 0 spiro atoms. The van der Waals surface area contributed by atoms with Crippen LogP contribution >= 0.6 is 11.3 Å². The molecule has 0 aliphatic carbocycles. The lowest BCUT2D eigenvalue weighted by molar-refractivity contribution is -0.144. The van der Waals surface area contributed by atoms with Crippen LogP contribution in [0.1, 0.15) is 77.2 Å². The van der Waals surface area contributed by atoms with E-state index in [9.17, 15) is 33.0 Å². The number of thiophene rings is 1. The zero-order valence-corrected chi connectivity index (χ0v) is 27.4. The molecule has 4 heterocycles. The molecule has 2 N–H and O–H groups in total. The normalized spacial score (nSPS) is 14.4. The second-order valence-electron chi connectivity index (χ2n) is 12.3. The van der Waals surface area contributed by atoms with E-state index in [-0.39, 0.29) is 24.9 Å². The van der Waals surface area contributed by atoms with E-state index in [4.69, 9.17) is 4.74 Å². The molecule has 0 unspecified atom stereocenters. The molecule has 47 heavy (non-hydrogen) atoms. The fourth-order valence-corrected chi connectivity index (χ4v) is 6.93. The number of hydrogen-bond donors (Lipinski definition) is 2. The molecule has 4 aromatic rings. The number of aromatic carboxylic acids is 1. The highest BCUT2D eigenvalue weighted by Crippen LogP contribution is 2.37. The standard InChI is InChI=1S/C34H37F3N4O5S/c1-5-21-16-24(9-10-25(21)22-11-13-40(14-12-22)32(45)33(3,4)19-42)46-18-23-15-20(2)47-29(23)27-7-6-8-28(39-27)41-30(34(35,36)37)26(17-38-41)31(43)44/h6-10,15-17,22,42H,5,11-14,18-19H2,1-4H3,(H,43,44). The number of carbonyl (C=O) groups excluding carboxylic acids is 1. The predicted molar refractivity (Wildman–Crippen MR) is 171 cm³/mol. The van der Waals surface area contributed by atoms with Gasteiger partial charge in [0.2, 0.25) is 5.91 Å². The number of halogens is 3. The molecule has 3 aromatic heterocycles. The fraction of sp³-hybridized carbons (Fsp3) is 0.412. The Hall–Kier alpha value is -4.23. The lowest BCUT2D eigenvalue weighted by Crippen LogP contribution is -2.46. The molecule has 250 valence electrons. The fourth-order valence-electron chi connectivity index (χ4n) is 5.94. The van der Waals surface area contributed by atoms with Crippen LogP contribution in [-0.4, -0.2) is 61.5 Å². The highest BCUT2D eigenvalue weighted by atomic mass is 32.1. The van der Waals surface area contributed by atoms with Crippen LogP contribution in [0.2, 0.25) is 0 Å². The summed E-state index contributed by atoms with van der Waals surface area (Å²) in [5, 5.41) is 22.6. The van der Waals surface area contributed by atoms with Gasteiger partial charge in [-0.25, -0.2) is 14.5 Å². The number of carbonyl (C=O) groups is 2. The van der Waals surface area contributed by atoms with Gasteiger partial charge in [0, 0.05) is 23.5 Å². The third kappa shape index (κ3) is 7.20. The number of carboxylic acids is 1. The monoisotopic (exact) mass is 670 g/mol. The first-order valence-electron chi connectivity index (χ1n) is 15.3. The van der Waals surface area contributed by atoms with E-state index in [1.54, 1.807) is 26.0 Å². The number of aliphatic hydroxyl groups excluding tert-OH is 1. The van der Waals surface area contributed by atoms with Crippen LogP contribution in [0.4, 0.5) is 13.2 Å². The molecule has 1 aliphatic rings. The number of aromatic nitrogens is 3. The zero-order valence-electron chi connectivity index (χ0n) is 26.6. The number of benzene rings is 1. The van der Waals surface area contributed by atoms with E-state index < -0.39 is 28.8 Å². The number of aliphatic hydroxyl groups is 1. The molecule has 1 aliphatic heterocycles. The maximum Gasteiger partial charge on any atom is 0.434 e. The number of alkyl halides is 3. The van der Waals surface area contributed by atoms with E-state index >= 15 is 0 Å². The molecule has 0 saturated carbocycles. The average molecular weight is 671 g/mol. The molecule has 5 rings (SSSR count). The van der Waals surface area contributed by atoms with E-state index in [2.05, 4.69) is 23.1 Å². The summed E-state index contributed by atoms with van der Waals surface area (Å²) in [5.41, 5.74) is 0.485. The van der Waals surface area contributed by atoms with E-state index in [0.29, 0.717) is 41.3 Å². The summed E-state index contributed by atoms with van der Waals surface area (Å²) in [5.74, 6) is -0.915. The Morgan fingerprint density at radius 2 is 1.81 bits per heavy atom. The van der Waals surface area contributed by atoms with Crippen LogP contribution in [-0.2, 0) is 24.0 Å². The lowest BCUT2D eigenvalue weighted by atomic mass is 9.84. The number of ether oxygens (including phenoxy) is 1. The summed E-state index contributed by atoms with van der Waals surface area (Å²) < 4.78 is 48.2. The third-order valence-corrected chi connectivity index (χ3v) is 9.59. The highest BCUT2D eigenvalue weighted by Gasteiger charge is 2.41. The lowest BCUT2D eigenvalue weighted by Gasteiger charge is -2.37. The van der Waals surface area contributed by atoms with Crippen molar-refractivity contribution in [2.24, 2.45) is 5.41 Å². The Morgan fingerprint density at radius 1 is 1.09 bits per heavy atom. The quantitative estimate of drug-likeness (QED) is 0.189. The number of nitrogens with zero attached hydrogens (tertiary/aromatic N) is 4. The van der Waals surface area contributed by atoms with Gasteiger partial charge in [-0.3, -0.25) is 4.79 Å². The van der Waals surface area contributed by atoms with E-state index in [0.717, 1.165) is 34.6 Å². The van der Waals surface area contributed by atoms with Gasteiger partial charge in [-0.1, -0.05) is 19.1 Å². The van der Waals surface area contributed by atoms with Crippen molar-refractivity contribution in [1.82, 2.24) is 19.7 Å². The topological polar surface area (TPSA) is 118 Å². The molecule has 0 atom stereocenters. The Kier molecular flexibility index (Phi) is 9.78. The van der Waals surface area contributed by atoms with Crippen LogP contribution < -0.4 is 4.74 Å². The molecular weight excluding hydrogens is 633 g/mol. The molecule has 0 radical (unpaired) electrons. The minimum atomic E-state index is -4.96. The smallest absolute Gasteiger partial charge is 0.434 e.